The molecule has 1 amide bonds. The van der Waals surface area contributed by atoms with Crippen LogP contribution in [-0.4, -0.2) is 23.4 Å². The molecule has 1 aliphatic rings. The maximum atomic E-state index is 12.2. The van der Waals surface area contributed by atoms with Gasteiger partial charge in [0.25, 0.3) is 0 Å². The second-order valence-electron chi connectivity index (χ2n) is 6.07. The summed E-state index contributed by atoms with van der Waals surface area (Å²) in [7, 11) is 0. The van der Waals surface area contributed by atoms with Crippen LogP contribution in [0.1, 0.15) is 37.4 Å². The average Bonchev–Trinajstić information content (AvgIpc) is 3.09. The molecule has 0 saturated carbocycles. The molecule has 0 atom stereocenters. The number of fused-ring (bicyclic) bond motifs is 1. The van der Waals surface area contributed by atoms with E-state index in [1.165, 1.54) is 11.8 Å². The second kappa shape index (κ2) is 8.11. The van der Waals surface area contributed by atoms with Crippen molar-refractivity contribution in [1.82, 2.24) is 4.98 Å². The molecule has 1 aliphatic heterocycles. The molecule has 0 saturated heterocycles. The highest BCUT2D eigenvalue weighted by Gasteiger charge is 2.14. The Kier molecular flexibility index (Phi) is 5.64. The van der Waals surface area contributed by atoms with Crippen LogP contribution in [0.5, 0.6) is 11.5 Å². The van der Waals surface area contributed by atoms with Gasteiger partial charge in [-0.2, -0.15) is 5.26 Å². The van der Waals surface area contributed by atoms with E-state index in [9.17, 15) is 10.1 Å². The maximum Gasteiger partial charge on any atom is 0.231 e. The van der Waals surface area contributed by atoms with Gasteiger partial charge in [0, 0.05) is 29.6 Å². The summed E-state index contributed by atoms with van der Waals surface area (Å²) in [4.78, 5) is 16.7. The van der Waals surface area contributed by atoms with Gasteiger partial charge in [-0.1, -0.05) is 13.8 Å². The second-order valence-corrected chi connectivity index (χ2v) is 7.15. The number of benzene rings is 1. The Morgan fingerprint density at radius 2 is 2.12 bits per heavy atom. The van der Waals surface area contributed by atoms with Crippen molar-refractivity contribution in [2.24, 2.45) is 0 Å². The van der Waals surface area contributed by atoms with Crippen molar-refractivity contribution in [2.75, 3.05) is 17.9 Å². The van der Waals surface area contributed by atoms with Crippen molar-refractivity contribution in [1.29, 1.82) is 5.26 Å². The van der Waals surface area contributed by atoms with Crippen LogP contribution in [0.3, 0.4) is 0 Å². The lowest BCUT2D eigenvalue weighted by atomic mass is 10.1. The summed E-state index contributed by atoms with van der Waals surface area (Å²) in [6, 6.07) is 11.1. The van der Waals surface area contributed by atoms with E-state index >= 15 is 0 Å². The van der Waals surface area contributed by atoms with Gasteiger partial charge in [0.1, 0.15) is 11.1 Å². The highest BCUT2D eigenvalue weighted by atomic mass is 32.2. The van der Waals surface area contributed by atoms with Crippen molar-refractivity contribution in [3.63, 3.8) is 0 Å². The van der Waals surface area contributed by atoms with Gasteiger partial charge in [-0.25, -0.2) is 4.98 Å². The molecule has 0 bridgehead atoms. The van der Waals surface area contributed by atoms with Gasteiger partial charge in [0.2, 0.25) is 12.7 Å². The minimum absolute atomic E-state index is 0.102. The largest absolute Gasteiger partial charge is 0.454 e. The van der Waals surface area contributed by atoms with Crippen LogP contribution >= 0.6 is 11.8 Å². The molecule has 2 aromatic rings. The minimum atomic E-state index is -0.102. The van der Waals surface area contributed by atoms with E-state index in [0.717, 1.165) is 5.69 Å². The molecule has 0 fully saturated rings. The molecular formula is C19H19N3O3S. The molecule has 2 heterocycles. The number of thioether (sulfide) groups is 1. The molecule has 26 heavy (non-hydrogen) atoms. The number of hydrogen-bond donors (Lipinski definition) is 1. The van der Waals surface area contributed by atoms with Gasteiger partial charge >= 0.3 is 0 Å². The molecule has 3 rings (SSSR count). The van der Waals surface area contributed by atoms with Crippen molar-refractivity contribution < 1.29 is 14.3 Å². The van der Waals surface area contributed by atoms with Crippen LogP contribution in [0.25, 0.3) is 0 Å². The topological polar surface area (TPSA) is 84.2 Å². The predicted octanol–water partition coefficient (Wildman–Crippen LogP) is 3.93. The molecule has 0 aliphatic carbocycles. The Hall–Kier alpha value is -2.72. The number of anilines is 1. The zero-order valence-corrected chi connectivity index (χ0v) is 15.4. The number of pyridine rings is 1. The first-order valence-corrected chi connectivity index (χ1v) is 9.28. The third-order valence-electron chi connectivity index (χ3n) is 3.82. The molecule has 1 aromatic carbocycles. The summed E-state index contributed by atoms with van der Waals surface area (Å²) in [5, 5.41) is 12.7. The zero-order chi connectivity index (χ0) is 18.5. The van der Waals surface area contributed by atoms with Crippen LogP contribution in [-0.2, 0) is 4.79 Å². The van der Waals surface area contributed by atoms with Gasteiger partial charge in [0.05, 0.1) is 5.56 Å². The summed E-state index contributed by atoms with van der Waals surface area (Å²) in [5.41, 5.74) is 2.15. The van der Waals surface area contributed by atoms with Gasteiger partial charge in [0.15, 0.2) is 11.5 Å². The number of nitriles is 1. The number of hydrogen-bond acceptors (Lipinski definition) is 6. The Morgan fingerprint density at radius 1 is 1.31 bits per heavy atom. The summed E-state index contributed by atoms with van der Waals surface area (Å²) in [5.74, 6) is 2.04. The zero-order valence-electron chi connectivity index (χ0n) is 14.6. The fourth-order valence-electron chi connectivity index (χ4n) is 2.41. The number of carbonyl (C=O) groups excluding carboxylic acids is 1. The van der Waals surface area contributed by atoms with Crippen LogP contribution < -0.4 is 14.8 Å². The normalized spacial score (nSPS) is 12.1. The monoisotopic (exact) mass is 369 g/mol. The summed E-state index contributed by atoms with van der Waals surface area (Å²) in [6.45, 7) is 4.32. The van der Waals surface area contributed by atoms with Crippen LogP contribution in [0.4, 0.5) is 5.69 Å². The molecule has 0 radical (unpaired) electrons. The van der Waals surface area contributed by atoms with E-state index in [1.54, 1.807) is 24.3 Å². The molecule has 0 spiro atoms. The summed E-state index contributed by atoms with van der Waals surface area (Å²) < 4.78 is 10.5. The Morgan fingerprint density at radius 3 is 2.88 bits per heavy atom. The molecule has 134 valence electrons. The third-order valence-corrected chi connectivity index (χ3v) is 4.81. The summed E-state index contributed by atoms with van der Waals surface area (Å²) in [6.07, 6.45) is 0.317. The fraction of sp³-hybridized carbons (Fsp3) is 0.316. The van der Waals surface area contributed by atoms with E-state index in [-0.39, 0.29) is 18.6 Å². The molecule has 6 nitrogen and oxygen atoms in total. The fourth-order valence-corrected chi connectivity index (χ4v) is 3.33. The van der Waals surface area contributed by atoms with E-state index in [1.807, 2.05) is 6.07 Å². The Balaban J connectivity index is 1.55. The Bertz CT molecular complexity index is 862. The number of ether oxygens (including phenoxy) is 2. The summed E-state index contributed by atoms with van der Waals surface area (Å²) >= 11 is 1.42. The smallest absolute Gasteiger partial charge is 0.231 e. The SMILES string of the molecule is CC(C)c1ccc(C#N)c(SCCC(=O)Nc2ccc3c(c2)OCO3)n1. The highest BCUT2D eigenvalue weighted by Crippen LogP contribution is 2.34. The lowest BCUT2D eigenvalue weighted by Gasteiger charge is -2.09. The van der Waals surface area contributed by atoms with Crippen molar-refractivity contribution in [3.05, 3.63) is 41.6 Å². The van der Waals surface area contributed by atoms with Gasteiger partial charge in [-0.15, -0.1) is 11.8 Å². The first-order chi connectivity index (χ1) is 12.6. The first-order valence-electron chi connectivity index (χ1n) is 8.30. The third kappa shape index (κ3) is 4.27. The number of carbonyl (C=O) groups is 1. The number of rotatable bonds is 6. The maximum absolute atomic E-state index is 12.2. The molecule has 7 heteroatoms. The van der Waals surface area contributed by atoms with Crippen molar-refractivity contribution in [2.45, 2.75) is 31.2 Å². The molecule has 1 N–H and O–H groups in total. The predicted molar refractivity (Wildman–Crippen MR) is 99.6 cm³/mol. The molecular weight excluding hydrogens is 350 g/mol. The molecule has 0 unspecified atom stereocenters. The number of amides is 1. The standard InChI is InChI=1S/C19H19N3O3S/c1-12(2)15-5-3-13(10-20)19(22-15)26-8-7-18(23)21-14-4-6-16-17(9-14)25-11-24-16/h3-6,9,12H,7-8,11H2,1-2H3,(H,21,23). The highest BCUT2D eigenvalue weighted by molar-refractivity contribution is 7.99. The van der Waals surface area contributed by atoms with Gasteiger partial charge in [-0.3, -0.25) is 4.79 Å². The van der Waals surface area contributed by atoms with E-state index in [2.05, 4.69) is 30.2 Å². The molecule has 1 aromatic heterocycles. The van der Waals surface area contributed by atoms with Crippen LogP contribution in [0, 0.1) is 11.3 Å². The van der Waals surface area contributed by atoms with Gasteiger partial charge in [-0.05, 0) is 30.2 Å². The number of nitrogens with one attached hydrogen (secondary N) is 1. The van der Waals surface area contributed by atoms with E-state index in [4.69, 9.17) is 9.47 Å². The van der Waals surface area contributed by atoms with E-state index < -0.39 is 0 Å². The minimum Gasteiger partial charge on any atom is -0.454 e. The number of nitrogens with zero attached hydrogens (tertiary/aromatic N) is 2. The Labute approximate surface area is 156 Å². The first kappa shape index (κ1) is 18.1. The quantitative estimate of drug-likeness (QED) is 0.777. The lowest BCUT2D eigenvalue weighted by molar-refractivity contribution is -0.115. The van der Waals surface area contributed by atoms with Crippen molar-refractivity contribution in [3.8, 4) is 17.6 Å². The van der Waals surface area contributed by atoms with E-state index in [0.29, 0.717) is 39.9 Å². The lowest BCUT2D eigenvalue weighted by Crippen LogP contribution is -2.12. The number of aromatic nitrogens is 1. The van der Waals surface area contributed by atoms with Crippen LogP contribution in [0.2, 0.25) is 0 Å². The average molecular weight is 369 g/mol. The van der Waals surface area contributed by atoms with Crippen LogP contribution in [0.15, 0.2) is 35.4 Å². The van der Waals surface area contributed by atoms with Gasteiger partial charge < -0.3 is 14.8 Å². The van der Waals surface area contributed by atoms with Crippen molar-refractivity contribution >= 4 is 23.4 Å².